The average molecular weight is 379 g/mol. The number of amides is 1. The molecule has 1 N–H and O–H groups in total. The fourth-order valence-electron chi connectivity index (χ4n) is 2.34. The van der Waals surface area contributed by atoms with E-state index in [0.29, 0.717) is 17.0 Å². The summed E-state index contributed by atoms with van der Waals surface area (Å²) in [4.78, 5) is 25.7. The first-order valence-electron chi connectivity index (χ1n) is 8.15. The molecule has 0 spiro atoms. The zero-order valence-electron chi connectivity index (χ0n) is 14.5. The quantitative estimate of drug-likeness (QED) is 0.615. The predicted molar refractivity (Wildman–Crippen MR) is 104 cm³/mol. The number of esters is 1. The Labute approximate surface area is 161 Å². The van der Waals surface area contributed by atoms with Gasteiger partial charge >= 0.3 is 12.1 Å². The number of hydrogen-bond acceptors (Lipinski definition) is 5. The molecule has 0 bridgehead atoms. The highest BCUT2D eigenvalue weighted by Gasteiger charge is 2.15. The molecular formula is C21H17NO4S. The minimum atomic E-state index is -0.587. The van der Waals surface area contributed by atoms with Gasteiger partial charge in [0.2, 0.25) is 0 Å². The zero-order valence-corrected chi connectivity index (χ0v) is 15.4. The first-order valence-corrected chi connectivity index (χ1v) is 8.97. The van der Waals surface area contributed by atoms with Crippen molar-refractivity contribution in [3.8, 4) is 5.75 Å². The van der Waals surface area contributed by atoms with E-state index in [1.165, 1.54) is 18.9 Å². The van der Waals surface area contributed by atoms with Crippen LogP contribution in [0.25, 0.3) is 0 Å². The third-order valence-electron chi connectivity index (χ3n) is 3.59. The standard InChI is InChI=1S/C21H17NO4S/c1-25-20(23)16-11-5-7-13-18(16)27-19-14-8-6-12-17(19)22-21(24)26-15-9-3-2-4-10-15/h2-14H,1H3,(H,22,24). The fraction of sp³-hybridized carbons (Fsp3) is 0.0476. The minimum Gasteiger partial charge on any atom is -0.465 e. The van der Waals surface area contributed by atoms with Gasteiger partial charge in [-0.25, -0.2) is 9.59 Å². The summed E-state index contributed by atoms with van der Waals surface area (Å²) in [5.74, 6) is 0.0446. The summed E-state index contributed by atoms with van der Waals surface area (Å²) in [5.41, 5.74) is 1.05. The number of para-hydroxylation sites is 2. The number of hydrogen-bond donors (Lipinski definition) is 1. The van der Waals surface area contributed by atoms with Gasteiger partial charge in [0.15, 0.2) is 0 Å². The van der Waals surface area contributed by atoms with Crippen molar-refractivity contribution < 1.29 is 19.1 Å². The van der Waals surface area contributed by atoms with Crippen LogP contribution in [0.4, 0.5) is 10.5 Å². The Kier molecular flexibility index (Phi) is 6.12. The van der Waals surface area contributed by atoms with Crippen LogP contribution in [-0.4, -0.2) is 19.2 Å². The van der Waals surface area contributed by atoms with E-state index in [0.717, 1.165) is 9.79 Å². The van der Waals surface area contributed by atoms with E-state index in [9.17, 15) is 9.59 Å². The van der Waals surface area contributed by atoms with Gasteiger partial charge in [-0.2, -0.15) is 0 Å². The molecule has 0 aliphatic heterocycles. The monoisotopic (exact) mass is 379 g/mol. The average Bonchev–Trinajstić information content (AvgIpc) is 2.70. The predicted octanol–water partition coefficient (Wildman–Crippen LogP) is 5.24. The Hall–Kier alpha value is -3.25. The molecule has 0 heterocycles. The minimum absolute atomic E-state index is 0.410. The largest absolute Gasteiger partial charge is 0.465 e. The van der Waals surface area contributed by atoms with Crippen LogP contribution in [0.2, 0.25) is 0 Å². The molecule has 3 aromatic carbocycles. The van der Waals surface area contributed by atoms with Crippen molar-refractivity contribution in [1.29, 1.82) is 0 Å². The summed E-state index contributed by atoms with van der Waals surface area (Å²) in [6.45, 7) is 0. The summed E-state index contributed by atoms with van der Waals surface area (Å²) < 4.78 is 10.1. The molecule has 0 aliphatic carbocycles. The van der Waals surface area contributed by atoms with Gasteiger partial charge < -0.3 is 9.47 Å². The normalized spacial score (nSPS) is 10.1. The molecule has 5 nitrogen and oxygen atoms in total. The number of anilines is 1. The summed E-state index contributed by atoms with van der Waals surface area (Å²) in [7, 11) is 1.35. The van der Waals surface area contributed by atoms with Crippen molar-refractivity contribution in [3.63, 3.8) is 0 Å². The molecule has 0 unspecified atom stereocenters. The van der Waals surface area contributed by atoms with E-state index in [1.54, 1.807) is 42.5 Å². The van der Waals surface area contributed by atoms with E-state index in [2.05, 4.69) is 5.32 Å². The second-order valence-electron chi connectivity index (χ2n) is 5.41. The van der Waals surface area contributed by atoms with E-state index in [-0.39, 0.29) is 0 Å². The lowest BCUT2D eigenvalue weighted by Gasteiger charge is -2.12. The molecule has 1 amide bonds. The first-order chi connectivity index (χ1) is 13.2. The van der Waals surface area contributed by atoms with Crippen molar-refractivity contribution in [3.05, 3.63) is 84.4 Å². The van der Waals surface area contributed by atoms with E-state index >= 15 is 0 Å². The molecule has 0 saturated carbocycles. The fourth-order valence-corrected chi connectivity index (χ4v) is 3.36. The van der Waals surface area contributed by atoms with Crippen LogP contribution in [0.15, 0.2) is 88.7 Å². The van der Waals surface area contributed by atoms with Gasteiger partial charge in [0.25, 0.3) is 0 Å². The van der Waals surface area contributed by atoms with Crippen LogP contribution in [0.1, 0.15) is 10.4 Å². The van der Waals surface area contributed by atoms with Gasteiger partial charge in [-0.3, -0.25) is 5.32 Å². The lowest BCUT2D eigenvalue weighted by Crippen LogP contribution is -2.17. The Bertz CT molecular complexity index is 944. The molecule has 3 rings (SSSR count). The maximum Gasteiger partial charge on any atom is 0.417 e. The highest BCUT2D eigenvalue weighted by Crippen LogP contribution is 2.35. The lowest BCUT2D eigenvalue weighted by atomic mass is 10.2. The van der Waals surface area contributed by atoms with Gasteiger partial charge in [-0.05, 0) is 36.4 Å². The van der Waals surface area contributed by atoms with E-state index < -0.39 is 12.1 Å². The van der Waals surface area contributed by atoms with Gasteiger partial charge in [-0.1, -0.05) is 54.2 Å². The zero-order chi connectivity index (χ0) is 19.1. The van der Waals surface area contributed by atoms with Crippen LogP contribution >= 0.6 is 11.8 Å². The summed E-state index contributed by atoms with van der Waals surface area (Å²) >= 11 is 1.36. The Morgan fingerprint density at radius 1 is 0.815 bits per heavy atom. The number of benzene rings is 3. The van der Waals surface area contributed by atoms with Crippen LogP contribution in [0.3, 0.4) is 0 Å². The molecule has 0 aliphatic rings. The van der Waals surface area contributed by atoms with Crippen molar-refractivity contribution in [2.75, 3.05) is 12.4 Å². The Balaban J connectivity index is 1.79. The second kappa shape index (κ2) is 8.91. The molecule has 0 saturated heterocycles. The number of carbonyl (C=O) groups is 2. The van der Waals surface area contributed by atoms with Crippen molar-refractivity contribution in [2.45, 2.75) is 9.79 Å². The molecular weight excluding hydrogens is 362 g/mol. The first kappa shape index (κ1) is 18.5. The number of nitrogens with one attached hydrogen (secondary N) is 1. The molecule has 0 atom stereocenters. The maximum absolute atomic E-state index is 12.2. The molecule has 6 heteroatoms. The molecule has 136 valence electrons. The van der Waals surface area contributed by atoms with Crippen LogP contribution in [0, 0.1) is 0 Å². The van der Waals surface area contributed by atoms with Crippen LogP contribution in [0.5, 0.6) is 5.75 Å². The lowest BCUT2D eigenvalue weighted by molar-refractivity contribution is 0.0596. The maximum atomic E-state index is 12.2. The van der Waals surface area contributed by atoms with E-state index in [1.807, 2.05) is 36.4 Å². The molecule has 27 heavy (non-hydrogen) atoms. The smallest absolute Gasteiger partial charge is 0.417 e. The molecule has 0 aromatic heterocycles. The van der Waals surface area contributed by atoms with E-state index in [4.69, 9.17) is 9.47 Å². The number of ether oxygens (including phenoxy) is 2. The third kappa shape index (κ3) is 4.89. The van der Waals surface area contributed by atoms with Crippen molar-refractivity contribution >= 4 is 29.5 Å². The second-order valence-corrected chi connectivity index (χ2v) is 6.50. The van der Waals surface area contributed by atoms with Crippen LogP contribution in [-0.2, 0) is 4.74 Å². The van der Waals surface area contributed by atoms with Gasteiger partial charge in [-0.15, -0.1) is 0 Å². The van der Waals surface area contributed by atoms with Crippen molar-refractivity contribution in [1.82, 2.24) is 0 Å². The Morgan fingerprint density at radius 3 is 2.19 bits per heavy atom. The SMILES string of the molecule is COC(=O)c1ccccc1Sc1ccccc1NC(=O)Oc1ccccc1. The molecule has 0 fully saturated rings. The summed E-state index contributed by atoms with van der Waals surface area (Å²) in [5, 5.41) is 2.74. The van der Waals surface area contributed by atoms with Gasteiger partial charge in [0.1, 0.15) is 5.75 Å². The molecule has 0 radical (unpaired) electrons. The molecule has 3 aromatic rings. The Morgan fingerprint density at radius 2 is 1.44 bits per heavy atom. The highest BCUT2D eigenvalue weighted by molar-refractivity contribution is 7.99. The number of carbonyl (C=O) groups excluding carboxylic acids is 2. The summed E-state index contributed by atoms with van der Waals surface area (Å²) in [6, 6.07) is 23.3. The van der Waals surface area contributed by atoms with Crippen LogP contribution < -0.4 is 10.1 Å². The topological polar surface area (TPSA) is 64.6 Å². The highest BCUT2D eigenvalue weighted by atomic mass is 32.2. The number of rotatable bonds is 5. The number of methoxy groups -OCH3 is 1. The third-order valence-corrected chi connectivity index (χ3v) is 4.74. The van der Waals surface area contributed by atoms with Gasteiger partial charge in [0.05, 0.1) is 18.4 Å². The van der Waals surface area contributed by atoms with Gasteiger partial charge in [0, 0.05) is 9.79 Å². The summed E-state index contributed by atoms with van der Waals surface area (Å²) in [6.07, 6.45) is -0.587. The van der Waals surface area contributed by atoms with Crippen molar-refractivity contribution in [2.24, 2.45) is 0 Å².